The predicted molar refractivity (Wildman–Crippen MR) is 77.3 cm³/mol. The first kappa shape index (κ1) is 12.3. The van der Waals surface area contributed by atoms with Crippen LogP contribution < -0.4 is 10.6 Å². The van der Waals surface area contributed by atoms with Gasteiger partial charge in [0.25, 0.3) is 5.91 Å². The first-order valence-corrected chi connectivity index (χ1v) is 6.89. The number of hydrogen-bond acceptors (Lipinski definition) is 3. The Morgan fingerprint density at radius 3 is 2.95 bits per heavy atom. The van der Waals surface area contributed by atoms with E-state index >= 15 is 0 Å². The maximum absolute atomic E-state index is 12.6. The minimum atomic E-state index is -0.0628. The van der Waals surface area contributed by atoms with Gasteiger partial charge < -0.3 is 15.1 Å². The molecule has 0 aliphatic carbocycles. The largest absolute Gasteiger partial charge is 0.457 e. The Morgan fingerprint density at radius 1 is 1.37 bits per heavy atom. The highest BCUT2D eigenvalue weighted by Crippen LogP contribution is 2.31. The molecule has 2 N–H and O–H groups in total. The molecule has 0 spiro atoms. The number of nitrogens with zero attached hydrogens (tertiary/aromatic N) is 1. The number of anilines is 2. The second-order valence-corrected chi connectivity index (χ2v) is 5.28. The van der Waals surface area contributed by atoms with E-state index < -0.39 is 0 Å². The van der Waals surface area contributed by atoms with Crippen molar-refractivity contribution in [3.8, 4) is 0 Å². The fraction of sp³-hybridized carbons (Fsp3) is 0.214. The predicted octanol–water partition coefficient (Wildman–Crippen LogP) is 3.22. The lowest BCUT2D eigenvalue weighted by Crippen LogP contribution is -2.35. The van der Waals surface area contributed by atoms with E-state index in [1.165, 1.54) is 6.26 Å². The molecule has 0 atom stereocenters. The van der Waals surface area contributed by atoms with E-state index in [9.17, 15) is 4.79 Å². The molecule has 1 aromatic carbocycles. The van der Waals surface area contributed by atoms with Gasteiger partial charge in [-0.15, -0.1) is 0 Å². The molecule has 5 heteroatoms. The minimum Gasteiger partial charge on any atom is -0.457 e. The van der Waals surface area contributed by atoms with Gasteiger partial charge in [0.15, 0.2) is 4.67 Å². The first-order valence-electron chi connectivity index (χ1n) is 6.10. The van der Waals surface area contributed by atoms with E-state index in [1.807, 2.05) is 18.2 Å². The second kappa shape index (κ2) is 4.74. The third kappa shape index (κ3) is 2.14. The summed E-state index contributed by atoms with van der Waals surface area (Å²) < 4.78 is 5.60. The number of hydrogen-bond donors (Lipinski definition) is 1. The van der Waals surface area contributed by atoms with Crippen LogP contribution in [-0.2, 0) is 6.42 Å². The smallest absolute Gasteiger partial charge is 0.262 e. The second-order valence-electron chi connectivity index (χ2n) is 4.56. The standard InChI is InChI=1S/C14H13BrN2O2/c15-13-11(5-7-19-13)14(18)17-6-1-2-9-3-4-10(16)8-12(9)17/h3-5,7-8H,1-2,6,16H2. The van der Waals surface area contributed by atoms with Crippen LogP contribution >= 0.6 is 15.9 Å². The Bertz CT molecular complexity index is 636. The number of halogens is 1. The summed E-state index contributed by atoms with van der Waals surface area (Å²) in [4.78, 5) is 14.3. The van der Waals surface area contributed by atoms with Gasteiger partial charge in [-0.05, 0) is 52.5 Å². The molecule has 0 unspecified atom stereocenters. The molecular weight excluding hydrogens is 308 g/mol. The SMILES string of the molecule is Nc1ccc2c(c1)N(C(=O)c1ccoc1Br)CCC2. The van der Waals surface area contributed by atoms with Gasteiger partial charge >= 0.3 is 0 Å². The lowest BCUT2D eigenvalue weighted by molar-refractivity contribution is 0.0983. The van der Waals surface area contributed by atoms with Crippen LogP contribution in [0.25, 0.3) is 0 Å². The molecule has 2 heterocycles. The zero-order valence-corrected chi connectivity index (χ0v) is 11.8. The molecule has 3 rings (SSSR count). The molecule has 98 valence electrons. The molecule has 0 bridgehead atoms. The molecule has 4 nitrogen and oxygen atoms in total. The fourth-order valence-electron chi connectivity index (χ4n) is 2.39. The van der Waals surface area contributed by atoms with Crippen LogP contribution in [-0.4, -0.2) is 12.5 Å². The molecule has 0 saturated carbocycles. The maximum atomic E-state index is 12.6. The lowest BCUT2D eigenvalue weighted by atomic mass is 10.0. The van der Waals surface area contributed by atoms with Crippen LogP contribution in [0.5, 0.6) is 0 Å². The fourth-order valence-corrected chi connectivity index (χ4v) is 2.80. The number of amides is 1. The molecule has 1 amide bonds. The summed E-state index contributed by atoms with van der Waals surface area (Å²) in [5, 5.41) is 0. The number of fused-ring (bicyclic) bond motifs is 1. The Hall–Kier alpha value is -1.75. The highest BCUT2D eigenvalue weighted by atomic mass is 79.9. The number of rotatable bonds is 1. The number of carbonyl (C=O) groups is 1. The van der Waals surface area contributed by atoms with Gasteiger partial charge in [0.05, 0.1) is 11.8 Å². The zero-order chi connectivity index (χ0) is 13.4. The van der Waals surface area contributed by atoms with E-state index in [0.29, 0.717) is 22.5 Å². The van der Waals surface area contributed by atoms with Crippen molar-refractivity contribution < 1.29 is 9.21 Å². The molecule has 0 fully saturated rings. The minimum absolute atomic E-state index is 0.0628. The van der Waals surface area contributed by atoms with Gasteiger partial charge in [-0.2, -0.15) is 0 Å². The summed E-state index contributed by atoms with van der Waals surface area (Å²) in [5.74, 6) is -0.0628. The molecule has 1 aliphatic heterocycles. The average molecular weight is 321 g/mol. The monoisotopic (exact) mass is 320 g/mol. The van der Waals surface area contributed by atoms with Crippen molar-refractivity contribution in [2.45, 2.75) is 12.8 Å². The molecule has 2 aromatic rings. The van der Waals surface area contributed by atoms with Gasteiger partial charge in [0, 0.05) is 17.9 Å². The summed E-state index contributed by atoms with van der Waals surface area (Å²) in [6, 6.07) is 7.41. The quantitative estimate of drug-likeness (QED) is 0.821. The number of furan rings is 1. The molecule has 19 heavy (non-hydrogen) atoms. The third-order valence-electron chi connectivity index (χ3n) is 3.32. The van der Waals surface area contributed by atoms with E-state index in [-0.39, 0.29) is 5.91 Å². The van der Waals surface area contributed by atoms with Gasteiger partial charge in [0.1, 0.15) is 0 Å². The van der Waals surface area contributed by atoms with Gasteiger partial charge in [0.2, 0.25) is 0 Å². The molecular formula is C14H13BrN2O2. The first-order chi connectivity index (χ1) is 9.16. The Morgan fingerprint density at radius 2 is 2.21 bits per heavy atom. The number of nitrogens with two attached hydrogens (primary N) is 1. The van der Waals surface area contributed by atoms with Gasteiger partial charge in [-0.3, -0.25) is 4.79 Å². The third-order valence-corrected chi connectivity index (χ3v) is 3.94. The van der Waals surface area contributed by atoms with Crippen LogP contribution in [0.4, 0.5) is 11.4 Å². The zero-order valence-electron chi connectivity index (χ0n) is 10.2. The average Bonchev–Trinajstić information content (AvgIpc) is 2.83. The molecule has 0 radical (unpaired) electrons. The Labute approximate surface area is 119 Å². The van der Waals surface area contributed by atoms with Gasteiger partial charge in [-0.1, -0.05) is 6.07 Å². The van der Waals surface area contributed by atoms with Crippen LogP contribution in [0.2, 0.25) is 0 Å². The van der Waals surface area contributed by atoms with E-state index in [1.54, 1.807) is 11.0 Å². The molecule has 1 aromatic heterocycles. The van der Waals surface area contributed by atoms with Gasteiger partial charge in [-0.25, -0.2) is 0 Å². The van der Waals surface area contributed by atoms with Crippen LogP contribution in [0.15, 0.2) is 39.6 Å². The van der Waals surface area contributed by atoms with Crippen molar-refractivity contribution in [3.63, 3.8) is 0 Å². The molecule has 0 saturated heterocycles. The Balaban J connectivity index is 2.02. The van der Waals surface area contributed by atoms with E-state index in [2.05, 4.69) is 15.9 Å². The maximum Gasteiger partial charge on any atom is 0.262 e. The van der Waals surface area contributed by atoms with Crippen molar-refractivity contribution >= 4 is 33.2 Å². The summed E-state index contributed by atoms with van der Waals surface area (Å²) in [6.45, 7) is 0.701. The van der Waals surface area contributed by atoms with E-state index in [0.717, 1.165) is 24.1 Å². The lowest BCUT2D eigenvalue weighted by Gasteiger charge is -2.29. The van der Waals surface area contributed by atoms with Crippen LogP contribution in [0, 0.1) is 0 Å². The van der Waals surface area contributed by atoms with Crippen molar-refractivity contribution in [1.82, 2.24) is 0 Å². The number of nitrogen functional groups attached to an aromatic ring is 1. The van der Waals surface area contributed by atoms with Crippen LogP contribution in [0.3, 0.4) is 0 Å². The number of benzene rings is 1. The molecule has 1 aliphatic rings. The Kier molecular flexibility index (Phi) is 3.06. The summed E-state index contributed by atoms with van der Waals surface area (Å²) in [6.07, 6.45) is 3.44. The van der Waals surface area contributed by atoms with E-state index in [4.69, 9.17) is 10.2 Å². The van der Waals surface area contributed by atoms with Crippen molar-refractivity contribution in [3.05, 3.63) is 46.3 Å². The highest BCUT2D eigenvalue weighted by molar-refractivity contribution is 9.10. The van der Waals surface area contributed by atoms with Crippen molar-refractivity contribution in [2.75, 3.05) is 17.2 Å². The highest BCUT2D eigenvalue weighted by Gasteiger charge is 2.26. The van der Waals surface area contributed by atoms with Crippen molar-refractivity contribution in [2.24, 2.45) is 0 Å². The number of carbonyl (C=O) groups excluding carboxylic acids is 1. The normalized spacial score (nSPS) is 14.3. The topological polar surface area (TPSA) is 59.5 Å². The summed E-state index contributed by atoms with van der Waals surface area (Å²) >= 11 is 3.25. The van der Waals surface area contributed by atoms with Crippen LogP contribution in [0.1, 0.15) is 22.3 Å². The van der Waals surface area contributed by atoms with Crippen molar-refractivity contribution in [1.29, 1.82) is 0 Å². The number of aryl methyl sites for hydroxylation is 1. The summed E-state index contributed by atoms with van der Waals surface area (Å²) in [5.41, 5.74) is 9.10. The summed E-state index contributed by atoms with van der Waals surface area (Å²) in [7, 11) is 0.